The number of rotatable bonds is 4. The van der Waals surface area contributed by atoms with Crippen molar-refractivity contribution in [3.05, 3.63) is 48.9 Å². The molecule has 0 spiro atoms. The van der Waals surface area contributed by atoms with Gasteiger partial charge in [0.15, 0.2) is 10.0 Å². The highest BCUT2D eigenvalue weighted by Crippen LogP contribution is 2.33. The number of hydrogen-bond donors (Lipinski definition) is 1. The summed E-state index contributed by atoms with van der Waals surface area (Å²) in [6, 6.07) is 3.50. The zero-order valence-corrected chi connectivity index (χ0v) is 16.1. The van der Waals surface area contributed by atoms with Crippen LogP contribution >= 0.6 is 34.3 Å². The third-order valence-electron chi connectivity index (χ3n) is 3.26. The maximum Gasteiger partial charge on any atom is 0.330 e. The molecule has 1 N–H and O–H groups in total. The molecule has 3 aromatic heterocycles. The third kappa shape index (κ3) is 3.40. The summed E-state index contributed by atoms with van der Waals surface area (Å²) < 4.78 is 29.6. The van der Waals surface area contributed by atoms with Gasteiger partial charge in [0.25, 0.3) is 15.6 Å². The number of thiophene rings is 1. The van der Waals surface area contributed by atoms with Gasteiger partial charge >= 0.3 is 5.69 Å². The van der Waals surface area contributed by atoms with Crippen LogP contribution in [0.1, 0.15) is 0 Å². The van der Waals surface area contributed by atoms with Crippen molar-refractivity contribution in [1.29, 1.82) is 0 Å². The molecule has 0 saturated carbocycles. The van der Waals surface area contributed by atoms with Crippen LogP contribution in [0.5, 0.6) is 0 Å². The second-order valence-electron chi connectivity index (χ2n) is 5.00. The van der Waals surface area contributed by atoms with E-state index in [4.69, 9.17) is 11.6 Å². The monoisotopic (exact) mass is 418 g/mol. The maximum absolute atomic E-state index is 12.5. The van der Waals surface area contributed by atoms with Gasteiger partial charge < -0.3 is 4.57 Å². The summed E-state index contributed by atoms with van der Waals surface area (Å²) in [7, 11) is -1.61. The first-order valence-corrected chi connectivity index (χ1v) is 10.3. The highest BCUT2D eigenvalue weighted by atomic mass is 35.5. The lowest BCUT2D eigenvalue weighted by Gasteiger charge is -2.08. The largest absolute Gasteiger partial charge is 0.330 e. The number of hydrogen-bond acceptors (Lipinski definition) is 7. The molecule has 3 heterocycles. The number of sulfonamides is 1. The Morgan fingerprint density at radius 1 is 1.24 bits per heavy atom. The Labute approximate surface area is 155 Å². The zero-order chi connectivity index (χ0) is 18.4. The predicted molar refractivity (Wildman–Crippen MR) is 98.2 cm³/mol. The molecule has 0 bridgehead atoms. The van der Waals surface area contributed by atoms with Crippen molar-refractivity contribution in [3.8, 4) is 10.6 Å². The summed E-state index contributed by atoms with van der Waals surface area (Å²) in [6.45, 7) is 0. The number of thiazole rings is 1. The Hall–Kier alpha value is -1.95. The smallest absolute Gasteiger partial charge is 0.302 e. The summed E-state index contributed by atoms with van der Waals surface area (Å²) in [4.78, 5) is 28.2. The second-order valence-corrected chi connectivity index (χ2v) is 9.22. The number of nitrogens with one attached hydrogen (secondary N) is 1. The van der Waals surface area contributed by atoms with Crippen LogP contribution in [0, 0.1) is 0 Å². The highest BCUT2D eigenvalue weighted by molar-refractivity contribution is 7.92. The van der Waals surface area contributed by atoms with Crippen LogP contribution in [0.15, 0.2) is 38.2 Å². The lowest BCUT2D eigenvalue weighted by atomic mass is 10.4. The SMILES string of the molecule is Cn1cc(S(=O)(=O)Nc2nc(-c3ccc(Cl)s3)cs2)c(=O)n(C)c1=O. The van der Waals surface area contributed by atoms with Gasteiger partial charge in [-0.15, -0.1) is 22.7 Å². The van der Waals surface area contributed by atoms with Crippen LogP contribution in [-0.2, 0) is 24.1 Å². The molecular formula is C13H11ClN4O4S3. The molecule has 0 unspecified atom stereocenters. The molecule has 0 saturated heterocycles. The van der Waals surface area contributed by atoms with Crippen molar-refractivity contribution >= 4 is 49.4 Å². The number of nitrogens with zero attached hydrogens (tertiary/aromatic N) is 3. The first kappa shape index (κ1) is 17.9. The van der Waals surface area contributed by atoms with E-state index in [0.717, 1.165) is 31.5 Å². The van der Waals surface area contributed by atoms with Crippen molar-refractivity contribution < 1.29 is 8.42 Å². The van der Waals surface area contributed by atoms with E-state index in [1.165, 1.54) is 25.4 Å². The summed E-state index contributed by atoms with van der Waals surface area (Å²) >= 11 is 8.28. The topological polar surface area (TPSA) is 103 Å². The van der Waals surface area contributed by atoms with Gasteiger partial charge in [-0.05, 0) is 12.1 Å². The molecular weight excluding hydrogens is 408 g/mol. The number of aromatic nitrogens is 3. The van der Waals surface area contributed by atoms with E-state index < -0.39 is 26.2 Å². The molecule has 0 atom stereocenters. The summed E-state index contributed by atoms with van der Waals surface area (Å²) in [5, 5.41) is 1.79. The first-order valence-electron chi connectivity index (χ1n) is 6.70. The third-order valence-corrected chi connectivity index (χ3v) is 6.72. The van der Waals surface area contributed by atoms with Crippen molar-refractivity contribution in [2.75, 3.05) is 4.72 Å². The van der Waals surface area contributed by atoms with E-state index in [9.17, 15) is 18.0 Å². The highest BCUT2D eigenvalue weighted by Gasteiger charge is 2.23. The van der Waals surface area contributed by atoms with Gasteiger partial charge in [0.05, 0.1) is 14.9 Å². The molecule has 25 heavy (non-hydrogen) atoms. The quantitative estimate of drug-likeness (QED) is 0.694. The van der Waals surface area contributed by atoms with Crippen LogP contribution < -0.4 is 16.0 Å². The molecule has 3 rings (SSSR count). The number of aryl methyl sites for hydroxylation is 1. The van der Waals surface area contributed by atoms with Crippen LogP contribution in [0.25, 0.3) is 10.6 Å². The lowest BCUT2D eigenvalue weighted by Crippen LogP contribution is -2.40. The van der Waals surface area contributed by atoms with E-state index in [1.54, 1.807) is 17.5 Å². The average Bonchev–Trinajstić information content (AvgIpc) is 3.17. The van der Waals surface area contributed by atoms with E-state index in [0.29, 0.717) is 10.0 Å². The van der Waals surface area contributed by atoms with Crippen LogP contribution in [-0.4, -0.2) is 22.5 Å². The Bertz CT molecular complexity index is 1170. The Morgan fingerprint density at radius 3 is 2.60 bits per heavy atom. The van der Waals surface area contributed by atoms with Crippen LogP contribution in [0.3, 0.4) is 0 Å². The predicted octanol–water partition coefficient (Wildman–Crippen LogP) is 1.72. The van der Waals surface area contributed by atoms with Crippen molar-refractivity contribution in [2.45, 2.75) is 4.90 Å². The molecule has 0 aliphatic rings. The molecule has 0 amide bonds. The van der Waals surface area contributed by atoms with Crippen LogP contribution in [0.4, 0.5) is 5.13 Å². The molecule has 0 fully saturated rings. The van der Waals surface area contributed by atoms with Crippen molar-refractivity contribution in [3.63, 3.8) is 0 Å². The van der Waals surface area contributed by atoms with Gasteiger partial charge in [0, 0.05) is 25.7 Å². The standard InChI is InChI=1S/C13H11ClN4O4S3/c1-17-5-9(11(19)18(2)13(17)20)25(21,22)16-12-15-7(6-23-12)8-3-4-10(14)24-8/h3-6H,1-2H3,(H,15,16). The minimum Gasteiger partial charge on any atom is -0.302 e. The number of anilines is 1. The molecule has 3 aromatic rings. The fourth-order valence-corrected chi connectivity index (χ4v) is 5.22. The summed E-state index contributed by atoms with van der Waals surface area (Å²) in [5.41, 5.74) is -0.944. The summed E-state index contributed by atoms with van der Waals surface area (Å²) in [5.74, 6) is 0. The minimum absolute atomic E-state index is 0.107. The molecule has 12 heteroatoms. The van der Waals surface area contributed by atoms with Gasteiger partial charge in [-0.25, -0.2) is 18.2 Å². The zero-order valence-electron chi connectivity index (χ0n) is 12.9. The van der Waals surface area contributed by atoms with Crippen molar-refractivity contribution in [2.24, 2.45) is 14.1 Å². The fourth-order valence-electron chi connectivity index (χ4n) is 2.02. The molecule has 0 aliphatic carbocycles. The van der Waals surface area contributed by atoms with Gasteiger partial charge in [0.1, 0.15) is 0 Å². The van der Waals surface area contributed by atoms with Gasteiger partial charge in [0.2, 0.25) is 0 Å². The lowest BCUT2D eigenvalue weighted by molar-refractivity contribution is 0.589. The minimum atomic E-state index is -4.19. The van der Waals surface area contributed by atoms with Crippen LogP contribution in [0.2, 0.25) is 4.34 Å². The Kier molecular flexibility index (Phi) is 4.58. The molecule has 0 aromatic carbocycles. The molecule has 8 nitrogen and oxygen atoms in total. The Morgan fingerprint density at radius 2 is 1.96 bits per heavy atom. The normalized spacial score (nSPS) is 11.6. The summed E-state index contributed by atoms with van der Waals surface area (Å²) in [6.07, 6.45) is 0.987. The first-order chi connectivity index (χ1) is 11.7. The average molecular weight is 419 g/mol. The second kappa shape index (κ2) is 6.41. The molecule has 0 aliphatic heterocycles. The van der Waals surface area contributed by atoms with E-state index >= 15 is 0 Å². The fraction of sp³-hybridized carbons (Fsp3) is 0.154. The molecule has 132 valence electrons. The van der Waals surface area contributed by atoms with E-state index in [-0.39, 0.29) is 5.13 Å². The van der Waals surface area contributed by atoms with Gasteiger partial charge in [-0.1, -0.05) is 11.6 Å². The van der Waals surface area contributed by atoms with E-state index in [1.807, 2.05) is 0 Å². The maximum atomic E-state index is 12.5. The van der Waals surface area contributed by atoms with E-state index in [2.05, 4.69) is 9.71 Å². The van der Waals surface area contributed by atoms with Gasteiger partial charge in [-0.3, -0.25) is 14.1 Å². The molecule has 0 radical (unpaired) electrons. The van der Waals surface area contributed by atoms with Gasteiger partial charge in [-0.2, -0.15) is 0 Å². The Balaban J connectivity index is 1.97. The number of halogens is 1. The van der Waals surface area contributed by atoms with Crippen molar-refractivity contribution in [1.82, 2.24) is 14.1 Å².